The summed E-state index contributed by atoms with van der Waals surface area (Å²) >= 11 is 3.09. The van der Waals surface area contributed by atoms with Crippen molar-refractivity contribution >= 4 is 39.2 Å². The van der Waals surface area contributed by atoms with Crippen molar-refractivity contribution in [2.24, 2.45) is 5.92 Å². The first-order chi connectivity index (χ1) is 13.3. The second-order valence-corrected chi connectivity index (χ2v) is 10.5. The number of carbonyl (C=O) groups excluding carboxylic acids is 1. The molecular formula is C20H30N4O2S2. The Morgan fingerprint density at radius 1 is 1.21 bits per heavy atom. The van der Waals surface area contributed by atoms with Gasteiger partial charge in [-0.25, -0.2) is 4.98 Å². The molecule has 8 heteroatoms. The predicted molar refractivity (Wildman–Crippen MR) is 118 cm³/mol. The fourth-order valence-electron chi connectivity index (χ4n) is 3.57. The van der Waals surface area contributed by atoms with Crippen LogP contribution in [0.15, 0.2) is 4.79 Å². The summed E-state index contributed by atoms with van der Waals surface area (Å²) in [6.07, 6.45) is 0. The van der Waals surface area contributed by atoms with Gasteiger partial charge in [-0.05, 0) is 32.3 Å². The van der Waals surface area contributed by atoms with Crippen molar-refractivity contribution in [1.82, 2.24) is 19.8 Å². The molecule has 3 heterocycles. The number of fused-ring (bicyclic) bond motifs is 1. The molecule has 2 aromatic rings. The molecule has 0 bridgehead atoms. The van der Waals surface area contributed by atoms with E-state index in [-0.39, 0.29) is 16.7 Å². The number of hydrogen-bond acceptors (Lipinski definition) is 6. The zero-order chi connectivity index (χ0) is 20.4. The molecule has 1 aliphatic rings. The lowest BCUT2D eigenvalue weighted by Crippen LogP contribution is -2.51. The topological polar surface area (TPSA) is 69.3 Å². The van der Waals surface area contributed by atoms with Crippen LogP contribution in [-0.2, 0) is 10.5 Å². The summed E-state index contributed by atoms with van der Waals surface area (Å²) in [5.41, 5.74) is 0.927. The predicted octanol–water partition coefficient (Wildman–Crippen LogP) is 3.02. The average Bonchev–Trinajstić information content (AvgIpc) is 2.93. The van der Waals surface area contributed by atoms with Gasteiger partial charge in [0.2, 0.25) is 5.91 Å². The fraction of sp³-hybridized carbons (Fsp3) is 0.650. The standard InChI is InChI=1S/C20H30N4O2S2/c1-12(2)10-23-6-8-24(9-7-23)20(26)15(5)27-11-16-21-18(25)17-13(3)14(4)28-19(17)22-16/h12,15H,6-11H2,1-5H3,(H,21,22,25). The van der Waals surface area contributed by atoms with Crippen molar-refractivity contribution in [3.63, 3.8) is 0 Å². The third-order valence-electron chi connectivity index (χ3n) is 5.21. The number of aromatic nitrogens is 2. The van der Waals surface area contributed by atoms with Crippen LogP contribution in [0.3, 0.4) is 0 Å². The van der Waals surface area contributed by atoms with Crippen molar-refractivity contribution in [2.45, 2.75) is 45.6 Å². The van der Waals surface area contributed by atoms with Crippen molar-refractivity contribution in [1.29, 1.82) is 0 Å². The monoisotopic (exact) mass is 422 g/mol. The maximum Gasteiger partial charge on any atom is 0.259 e. The van der Waals surface area contributed by atoms with E-state index in [1.807, 2.05) is 25.7 Å². The summed E-state index contributed by atoms with van der Waals surface area (Å²) in [6, 6.07) is 0. The summed E-state index contributed by atoms with van der Waals surface area (Å²) < 4.78 is 0. The molecule has 0 spiro atoms. The van der Waals surface area contributed by atoms with E-state index in [0.717, 1.165) is 48.0 Å². The van der Waals surface area contributed by atoms with Gasteiger partial charge in [0.05, 0.1) is 16.4 Å². The molecule has 28 heavy (non-hydrogen) atoms. The van der Waals surface area contributed by atoms with E-state index < -0.39 is 0 Å². The van der Waals surface area contributed by atoms with Gasteiger partial charge in [0.15, 0.2) is 0 Å². The molecule has 2 aromatic heterocycles. The Labute approximate surface area is 174 Å². The third kappa shape index (κ3) is 4.78. The summed E-state index contributed by atoms with van der Waals surface area (Å²) in [6.45, 7) is 15.0. The largest absolute Gasteiger partial charge is 0.339 e. The van der Waals surface area contributed by atoms with Crippen LogP contribution in [0.4, 0.5) is 0 Å². The number of carbonyl (C=O) groups is 1. The first-order valence-electron chi connectivity index (χ1n) is 9.88. The van der Waals surface area contributed by atoms with E-state index in [1.54, 1.807) is 11.3 Å². The van der Waals surface area contributed by atoms with E-state index in [4.69, 9.17) is 0 Å². The highest BCUT2D eigenvalue weighted by Crippen LogP contribution is 2.26. The van der Waals surface area contributed by atoms with Gasteiger partial charge < -0.3 is 9.88 Å². The smallest absolute Gasteiger partial charge is 0.259 e. The number of amides is 1. The summed E-state index contributed by atoms with van der Waals surface area (Å²) in [7, 11) is 0. The second kappa shape index (κ2) is 8.97. The normalized spacial score (nSPS) is 16.9. The van der Waals surface area contributed by atoms with E-state index in [1.165, 1.54) is 11.8 Å². The number of rotatable bonds is 6. The highest BCUT2D eigenvalue weighted by atomic mass is 32.2. The zero-order valence-corrected chi connectivity index (χ0v) is 19.0. The first kappa shape index (κ1) is 21.3. The number of H-pyrrole nitrogens is 1. The van der Waals surface area contributed by atoms with Gasteiger partial charge in [-0.1, -0.05) is 13.8 Å². The average molecular weight is 423 g/mol. The number of nitrogens with zero attached hydrogens (tertiary/aromatic N) is 3. The SMILES string of the molecule is Cc1sc2nc(CSC(C)C(=O)N3CCN(CC(C)C)CC3)[nH]c(=O)c2c1C. The van der Waals surface area contributed by atoms with Gasteiger partial charge in [-0.2, -0.15) is 0 Å². The Balaban J connectivity index is 1.57. The van der Waals surface area contributed by atoms with E-state index >= 15 is 0 Å². The van der Waals surface area contributed by atoms with Crippen LogP contribution in [0.25, 0.3) is 10.2 Å². The number of thiophene rings is 1. The van der Waals surface area contributed by atoms with Gasteiger partial charge in [-0.15, -0.1) is 23.1 Å². The lowest BCUT2D eigenvalue weighted by molar-refractivity contribution is -0.132. The van der Waals surface area contributed by atoms with Crippen LogP contribution < -0.4 is 5.56 Å². The fourth-order valence-corrected chi connectivity index (χ4v) is 5.45. The Morgan fingerprint density at radius 2 is 1.89 bits per heavy atom. The minimum atomic E-state index is -0.149. The van der Waals surface area contributed by atoms with Gasteiger partial charge in [-0.3, -0.25) is 14.5 Å². The minimum Gasteiger partial charge on any atom is -0.339 e. The summed E-state index contributed by atoms with van der Waals surface area (Å²) in [5.74, 6) is 2.01. The molecule has 0 saturated carbocycles. The molecule has 1 unspecified atom stereocenters. The van der Waals surface area contributed by atoms with Crippen molar-refractivity contribution in [3.8, 4) is 0 Å². The quantitative estimate of drug-likeness (QED) is 0.775. The number of aromatic amines is 1. The molecular weight excluding hydrogens is 392 g/mol. The van der Waals surface area contributed by atoms with Crippen LogP contribution in [-0.4, -0.2) is 63.6 Å². The highest BCUT2D eigenvalue weighted by Gasteiger charge is 2.25. The first-order valence-corrected chi connectivity index (χ1v) is 11.7. The molecule has 1 amide bonds. The molecule has 1 fully saturated rings. The third-order valence-corrected chi connectivity index (χ3v) is 7.46. The van der Waals surface area contributed by atoms with Crippen LogP contribution in [0.1, 0.15) is 37.0 Å². The number of thioether (sulfide) groups is 1. The molecule has 0 aliphatic carbocycles. The lowest BCUT2D eigenvalue weighted by atomic mass is 10.2. The molecule has 0 radical (unpaired) electrons. The van der Waals surface area contributed by atoms with Crippen molar-refractivity contribution in [2.75, 3.05) is 32.7 Å². The zero-order valence-electron chi connectivity index (χ0n) is 17.4. The van der Waals surface area contributed by atoms with Crippen LogP contribution in [0, 0.1) is 19.8 Å². The maximum atomic E-state index is 12.8. The minimum absolute atomic E-state index is 0.0808. The van der Waals surface area contributed by atoms with Gasteiger partial charge in [0.1, 0.15) is 10.7 Å². The molecule has 3 rings (SSSR count). The summed E-state index contributed by atoms with van der Waals surface area (Å²) in [5, 5.41) is 0.545. The van der Waals surface area contributed by atoms with Crippen molar-refractivity contribution in [3.05, 3.63) is 26.6 Å². The summed E-state index contributed by atoms with van der Waals surface area (Å²) in [4.78, 5) is 39.0. The Bertz CT molecular complexity index is 897. The van der Waals surface area contributed by atoms with Crippen LogP contribution in [0.5, 0.6) is 0 Å². The maximum absolute atomic E-state index is 12.8. The van der Waals surface area contributed by atoms with Crippen molar-refractivity contribution < 1.29 is 4.79 Å². The second-order valence-electron chi connectivity index (χ2n) is 7.95. The van der Waals surface area contributed by atoms with E-state index in [9.17, 15) is 9.59 Å². The molecule has 0 aromatic carbocycles. The number of nitrogens with one attached hydrogen (secondary N) is 1. The molecule has 1 atom stereocenters. The number of aryl methyl sites for hydroxylation is 2. The molecule has 6 nitrogen and oxygen atoms in total. The number of hydrogen-bond donors (Lipinski definition) is 1. The molecule has 1 N–H and O–H groups in total. The van der Waals surface area contributed by atoms with E-state index in [0.29, 0.717) is 22.9 Å². The molecule has 1 aliphatic heterocycles. The molecule has 154 valence electrons. The van der Waals surface area contributed by atoms with Gasteiger partial charge >= 0.3 is 0 Å². The molecule has 1 saturated heterocycles. The Kier molecular flexibility index (Phi) is 6.83. The number of piperazine rings is 1. The van der Waals surface area contributed by atoms with Gasteiger partial charge in [0, 0.05) is 37.6 Å². The van der Waals surface area contributed by atoms with E-state index in [2.05, 4.69) is 28.7 Å². The highest BCUT2D eigenvalue weighted by molar-refractivity contribution is 7.99. The van der Waals surface area contributed by atoms with Crippen LogP contribution >= 0.6 is 23.1 Å². The van der Waals surface area contributed by atoms with Gasteiger partial charge in [0.25, 0.3) is 5.56 Å². The Morgan fingerprint density at radius 3 is 2.54 bits per heavy atom. The lowest BCUT2D eigenvalue weighted by Gasteiger charge is -2.36. The Hall–Kier alpha value is -1.38. The van der Waals surface area contributed by atoms with Crippen LogP contribution in [0.2, 0.25) is 0 Å².